The fourth-order valence-electron chi connectivity index (χ4n) is 2.63. The molecule has 0 saturated heterocycles. The molecule has 1 heterocycles. The van der Waals surface area contributed by atoms with Crippen LogP contribution in [-0.4, -0.2) is 28.7 Å². The normalized spacial score (nSPS) is 10.5. The zero-order valence-corrected chi connectivity index (χ0v) is 15.1. The van der Waals surface area contributed by atoms with Crippen molar-refractivity contribution in [1.29, 1.82) is 0 Å². The van der Waals surface area contributed by atoms with Gasteiger partial charge in [-0.3, -0.25) is 9.36 Å². The average molecular weight is 369 g/mol. The van der Waals surface area contributed by atoms with Crippen LogP contribution in [0.15, 0.2) is 58.1 Å². The first-order chi connectivity index (χ1) is 12.9. The largest absolute Gasteiger partial charge is 0.497 e. The fraction of sp³-hybridized carbons (Fsp3) is 0.158. The number of benzene rings is 2. The molecule has 3 aromatic rings. The molecule has 2 aromatic carbocycles. The first-order valence-corrected chi connectivity index (χ1v) is 8.06. The Morgan fingerprint density at radius 1 is 0.926 bits per heavy atom. The van der Waals surface area contributed by atoms with Crippen molar-refractivity contribution in [3.63, 3.8) is 0 Å². The Balaban J connectivity index is 2.00. The van der Waals surface area contributed by atoms with Crippen LogP contribution in [0.3, 0.4) is 0 Å². The third kappa shape index (κ3) is 3.64. The average Bonchev–Trinajstić information content (AvgIpc) is 2.70. The van der Waals surface area contributed by atoms with Crippen LogP contribution in [0.4, 0.5) is 11.5 Å². The molecule has 2 N–H and O–H groups in total. The molecule has 0 amide bonds. The minimum atomic E-state index is -0.835. The van der Waals surface area contributed by atoms with Crippen LogP contribution in [0, 0.1) is 0 Å². The zero-order valence-electron chi connectivity index (χ0n) is 15.1. The zero-order chi connectivity index (χ0) is 19.6. The van der Waals surface area contributed by atoms with Crippen LogP contribution in [0.25, 0.3) is 11.1 Å². The van der Waals surface area contributed by atoms with E-state index in [0.29, 0.717) is 17.2 Å². The summed E-state index contributed by atoms with van der Waals surface area (Å²) in [4.78, 5) is 23.5. The second-order valence-electron chi connectivity index (χ2n) is 5.83. The van der Waals surface area contributed by atoms with Crippen LogP contribution in [-0.2, 0) is 7.05 Å². The Morgan fingerprint density at radius 3 is 2.22 bits per heavy atom. The van der Waals surface area contributed by atoms with Crippen LogP contribution < -0.4 is 26.0 Å². The number of anilines is 2. The molecular weight excluding hydrogens is 350 g/mol. The summed E-state index contributed by atoms with van der Waals surface area (Å²) in [6.45, 7) is 0. The molecule has 0 spiro atoms. The summed E-state index contributed by atoms with van der Waals surface area (Å²) in [6.07, 6.45) is 0. The van der Waals surface area contributed by atoms with Gasteiger partial charge in [0, 0.05) is 24.9 Å². The van der Waals surface area contributed by atoms with E-state index >= 15 is 0 Å². The topological polar surface area (TPSA) is 94.7 Å². The van der Waals surface area contributed by atoms with Crippen molar-refractivity contribution in [2.45, 2.75) is 0 Å². The van der Waals surface area contributed by atoms with E-state index in [1.54, 1.807) is 26.4 Å². The maximum atomic E-state index is 11.8. The highest BCUT2D eigenvalue weighted by molar-refractivity contribution is 5.72. The lowest BCUT2D eigenvalue weighted by Gasteiger charge is -2.13. The molecule has 140 valence electrons. The van der Waals surface area contributed by atoms with Gasteiger partial charge in [-0.1, -0.05) is 16.9 Å². The molecule has 0 aliphatic heterocycles. The van der Waals surface area contributed by atoms with Gasteiger partial charge < -0.3 is 20.0 Å². The van der Waals surface area contributed by atoms with Gasteiger partial charge in [0.2, 0.25) is 0 Å². The first kappa shape index (κ1) is 18.1. The standard InChI is InChI=1S/C19H19N3O5/c1-21-17(11-18(23)22(25)19(21)24)20-14-6-4-5-12(7-14)13-8-15(26-2)10-16(9-13)27-3/h4-11,20,25H,1-3H3. The summed E-state index contributed by atoms with van der Waals surface area (Å²) in [5.41, 5.74) is 0.791. The highest BCUT2D eigenvalue weighted by Gasteiger charge is 2.09. The van der Waals surface area contributed by atoms with Crippen molar-refractivity contribution in [1.82, 2.24) is 9.30 Å². The first-order valence-electron chi connectivity index (χ1n) is 8.06. The van der Waals surface area contributed by atoms with Crippen LogP contribution >= 0.6 is 0 Å². The van der Waals surface area contributed by atoms with Gasteiger partial charge in [0.1, 0.15) is 17.3 Å². The number of hydrogen-bond donors (Lipinski definition) is 2. The van der Waals surface area contributed by atoms with Gasteiger partial charge in [-0.25, -0.2) is 4.79 Å². The second kappa shape index (κ2) is 7.28. The minimum Gasteiger partial charge on any atom is -0.497 e. The summed E-state index contributed by atoms with van der Waals surface area (Å²) in [5.74, 6) is 1.59. The van der Waals surface area contributed by atoms with Crippen molar-refractivity contribution in [2.75, 3.05) is 19.5 Å². The lowest BCUT2D eigenvalue weighted by atomic mass is 10.0. The Morgan fingerprint density at radius 2 is 1.59 bits per heavy atom. The van der Waals surface area contributed by atoms with Crippen molar-refractivity contribution in [2.24, 2.45) is 7.05 Å². The lowest BCUT2D eigenvalue weighted by Crippen LogP contribution is -2.37. The number of aromatic nitrogens is 2. The Labute approximate surface area is 154 Å². The van der Waals surface area contributed by atoms with Gasteiger partial charge in [0.25, 0.3) is 5.56 Å². The molecule has 8 heteroatoms. The lowest BCUT2D eigenvalue weighted by molar-refractivity contribution is 0.156. The van der Waals surface area contributed by atoms with Gasteiger partial charge in [0.05, 0.1) is 14.2 Å². The fourth-order valence-corrected chi connectivity index (χ4v) is 2.63. The summed E-state index contributed by atoms with van der Waals surface area (Å²) in [6, 6.07) is 14.1. The highest BCUT2D eigenvalue weighted by Crippen LogP contribution is 2.31. The minimum absolute atomic E-state index is 0.0596. The van der Waals surface area contributed by atoms with Crippen LogP contribution in [0.1, 0.15) is 0 Å². The maximum Gasteiger partial charge on any atom is 0.365 e. The molecule has 0 unspecified atom stereocenters. The van der Waals surface area contributed by atoms with Gasteiger partial charge in [0.15, 0.2) is 0 Å². The van der Waals surface area contributed by atoms with Crippen LogP contribution in [0.5, 0.6) is 11.5 Å². The molecule has 0 bridgehead atoms. The van der Waals surface area contributed by atoms with E-state index in [2.05, 4.69) is 5.32 Å². The molecule has 8 nitrogen and oxygen atoms in total. The van der Waals surface area contributed by atoms with E-state index in [1.165, 1.54) is 7.05 Å². The second-order valence-corrected chi connectivity index (χ2v) is 5.83. The number of hydrogen-bond acceptors (Lipinski definition) is 6. The van der Waals surface area contributed by atoms with Crippen molar-refractivity contribution < 1.29 is 14.7 Å². The summed E-state index contributed by atoms with van der Waals surface area (Å²) in [5, 5.41) is 12.4. The number of nitrogens with zero attached hydrogens (tertiary/aromatic N) is 2. The number of methoxy groups -OCH3 is 2. The van der Waals surface area contributed by atoms with Gasteiger partial charge >= 0.3 is 5.69 Å². The van der Waals surface area contributed by atoms with Crippen molar-refractivity contribution in [3.05, 3.63) is 69.4 Å². The van der Waals surface area contributed by atoms with E-state index in [0.717, 1.165) is 21.8 Å². The SMILES string of the molecule is COc1cc(OC)cc(-c2cccc(Nc3cc(=O)n(O)c(=O)n3C)c2)c1. The van der Waals surface area contributed by atoms with Crippen LogP contribution in [0.2, 0.25) is 0 Å². The summed E-state index contributed by atoms with van der Waals surface area (Å²) < 4.78 is 11.8. The molecule has 0 atom stereocenters. The highest BCUT2D eigenvalue weighted by atomic mass is 16.5. The van der Waals surface area contributed by atoms with Crippen molar-refractivity contribution in [3.8, 4) is 22.6 Å². The Kier molecular flexibility index (Phi) is 4.89. The molecule has 0 aliphatic rings. The number of ether oxygens (including phenoxy) is 2. The number of nitrogens with one attached hydrogen (secondary N) is 1. The molecule has 0 saturated carbocycles. The maximum absolute atomic E-state index is 11.8. The predicted molar refractivity (Wildman–Crippen MR) is 101 cm³/mol. The molecule has 0 fully saturated rings. The molecule has 27 heavy (non-hydrogen) atoms. The molecule has 1 aromatic heterocycles. The van der Waals surface area contributed by atoms with E-state index < -0.39 is 11.2 Å². The van der Waals surface area contributed by atoms with E-state index in [1.807, 2.05) is 30.3 Å². The molecule has 3 rings (SSSR count). The number of rotatable bonds is 5. The quantitative estimate of drug-likeness (QED) is 0.670. The summed E-state index contributed by atoms with van der Waals surface area (Å²) in [7, 11) is 4.62. The Bertz CT molecular complexity index is 1080. The van der Waals surface area contributed by atoms with E-state index in [9.17, 15) is 14.8 Å². The Hall–Kier alpha value is -3.68. The monoisotopic (exact) mass is 369 g/mol. The smallest absolute Gasteiger partial charge is 0.365 e. The third-order valence-electron chi connectivity index (χ3n) is 4.12. The summed E-state index contributed by atoms with van der Waals surface area (Å²) >= 11 is 0. The predicted octanol–water partition coefficient (Wildman–Crippen LogP) is 2.21. The van der Waals surface area contributed by atoms with Gasteiger partial charge in [-0.2, -0.15) is 0 Å². The molecule has 0 radical (unpaired) electrons. The van der Waals surface area contributed by atoms with Gasteiger partial charge in [-0.05, 0) is 35.4 Å². The van der Waals surface area contributed by atoms with E-state index in [-0.39, 0.29) is 10.5 Å². The van der Waals surface area contributed by atoms with Crippen molar-refractivity contribution >= 4 is 11.5 Å². The third-order valence-corrected chi connectivity index (χ3v) is 4.12. The molecular formula is C19H19N3O5. The van der Waals surface area contributed by atoms with Gasteiger partial charge in [-0.15, -0.1) is 0 Å². The molecule has 0 aliphatic carbocycles. The van der Waals surface area contributed by atoms with E-state index in [4.69, 9.17) is 9.47 Å².